The van der Waals surface area contributed by atoms with Crippen LogP contribution in [0.15, 0.2) is 54.9 Å². The van der Waals surface area contributed by atoms with Gasteiger partial charge < -0.3 is 15.0 Å². The molecular formula is C21H20N4O2. The van der Waals surface area contributed by atoms with Gasteiger partial charge in [-0.25, -0.2) is 9.97 Å². The number of carbonyl (C=O) groups is 1. The molecule has 4 rings (SSSR count). The van der Waals surface area contributed by atoms with Crippen molar-refractivity contribution in [3.05, 3.63) is 71.7 Å². The standard InChI is InChI=1S/C21H20N4O2/c1-14-7-8-19(27-2)16(11-14)24-20-13-22-17(12-23-20)21(26)25-10-9-15-5-3-4-6-18(15)25/h3-8,11-13H,9-10H2,1-2H3,(H,23,24). The molecule has 0 fully saturated rings. The fourth-order valence-electron chi connectivity index (χ4n) is 3.25. The van der Waals surface area contributed by atoms with Gasteiger partial charge in [0.05, 0.1) is 25.2 Å². The lowest BCUT2D eigenvalue weighted by Gasteiger charge is -2.17. The van der Waals surface area contributed by atoms with Crippen molar-refractivity contribution in [3.8, 4) is 5.75 Å². The van der Waals surface area contributed by atoms with Crippen LogP contribution in [0.25, 0.3) is 0 Å². The summed E-state index contributed by atoms with van der Waals surface area (Å²) in [6, 6.07) is 13.8. The fraction of sp³-hybridized carbons (Fsp3) is 0.190. The number of nitrogens with zero attached hydrogens (tertiary/aromatic N) is 3. The third kappa shape index (κ3) is 3.33. The van der Waals surface area contributed by atoms with Crippen LogP contribution in [0.3, 0.4) is 0 Å². The van der Waals surface area contributed by atoms with Gasteiger partial charge in [-0.05, 0) is 42.7 Å². The number of hydrogen-bond acceptors (Lipinski definition) is 5. The number of methoxy groups -OCH3 is 1. The van der Waals surface area contributed by atoms with Gasteiger partial charge in [0.1, 0.15) is 17.3 Å². The summed E-state index contributed by atoms with van der Waals surface area (Å²) in [5, 5.41) is 3.19. The number of nitrogens with one attached hydrogen (secondary N) is 1. The molecule has 1 aliphatic heterocycles. The summed E-state index contributed by atoms with van der Waals surface area (Å²) in [7, 11) is 1.62. The average Bonchev–Trinajstić information content (AvgIpc) is 3.12. The summed E-state index contributed by atoms with van der Waals surface area (Å²) < 4.78 is 5.36. The molecule has 0 aliphatic carbocycles. The van der Waals surface area contributed by atoms with Crippen LogP contribution in [0.2, 0.25) is 0 Å². The van der Waals surface area contributed by atoms with E-state index in [0.717, 1.165) is 29.1 Å². The molecule has 0 saturated carbocycles. The van der Waals surface area contributed by atoms with Crippen LogP contribution in [0.5, 0.6) is 5.75 Å². The molecule has 2 heterocycles. The van der Waals surface area contributed by atoms with E-state index in [1.807, 2.05) is 43.3 Å². The molecule has 3 aromatic rings. The minimum Gasteiger partial charge on any atom is -0.495 e. The molecule has 0 spiro atoms. The van der Waals surface area contributed by atoms with Crippen molar-refractivity contribution in [1.29, 1.82) is 0 Å². The quantitative estimate of drug-likeness (QED) is 0.768. The normalized spacial score (nSPS) is 12.6. The van der Waals surface area contributed by atoms with Crippen LogP contribution in [0.4, 0.5) is 17.2 Å². The molecule has 6 nitrogen and oxygen atoms in total. The highest BCUT2D eigenvalue weighted by molar-refractivity contribution is 6.05. The Morgan fingerprint density at radius 2 is 2.00 bits per heavy atom. The first kappa shape index (κ1) is 17.0. The van der Waals surface area contributed by atoms with Gasteiger partial charge in [0.2, 0.25) is 0 Å². The number of carbonyl (C=O) groups excluding carboxylic acids is 1. The first-order valence-electron chi connectivity index (χ1n) is 8.79. The Labute approximate surface area is 157 Å². The number of anilines is 3. The smallest absolute Gasteiger partial charge is 0.278 e. The van der Waals surface area contributed by atoms with Crippen LogP contribution in [-0.2, 0) is 6.42 Å². The van der Waals surface area contributed by atoms with E-state index >= 15 is 0 Å². The van der Waals surface area contributed by atoms with Crippen molar-refractivity contribution in [2.45, 2.75) is 13.3 Å². The maximum atomic E-state index is 12.8. The number of fused-ring (bicyclic) bond motifs is 1. The second-order valence-electron chi connectivity index (χ2n) is 6.45. The molecule has 1 aliphatic rings. The first-order valence-corrected chi connectivity index (χ1v) is 8.79. The number of benzene rings is 2. The van der Waals surface area contributed by atoms with Gasteiger partial charge in [-0.3, -0.25) is 4.79 Å². The molecule has 1 amide bonds. The van der Waals surface area contributed by atoms with Crippen LogP contribution < -0.4 is 15.0 Å². The predicted octanol–water partition coefficient (Wildman–Crippen LogP) is 3.74. The third-order valence-electron chi connectivity index (χ3n) is 4.62. The lowest BCUT2D eigenvalue weighted by atomic mass is 10.2. The van der Waals surface area contributed by atoms with Crippen LogP contribution in [0, 0.1) is 6.92 Å². The van der Waals surface area contributed by atoms with Crippen LogP contribution >= 0.6 is 0 Å². The summed E-state index contributed by atoms with van der Waals surface area (Å²) in [4.78, 5) is 23.2. The van der Waals surface area contributed by atoms with Gasteiger partial charge in [0.15, 0.2) is 0 Å². The van der Waals surface area contributed by atoms with Gasteiger partial charge >= 0.3 is 0 Å². The molecule has 1 aromatic heterocycles. The Bertz CT molecular complexity index is 986. The zero-order chi connectivity index (χ0) is 18.8. The number of para-hydroxylation sites is 1. The van der Waals surface area contributed by atoms with E-state index in [9.17, 15) is 4.79 Å². The SMILES string of the molecule is COc1ccc(C)cc1Nc1cnc(C(=O)N2CCc3ccccc32)cn1. The molecule has 6 heteroatoms. The van der Waals surface area contributed by atoms with E-state index < -0.39 is 0 Å². The average molecular weight is 360 g/mol. The highest BCUT2D eigenvalue weighted by atomic mass is 16.5. The number of aryl methyl sites for hydroxylation is 1. The maximum absolute atomic E-state index is 12.8. The van der Waals surface area contributed by atoms with E-state index in [1.54, 1.807) is 18.2 Å². The van der Waals surface area contributed by atoms with Gasteiger partial charge in [-0.2, -0.15) is 0 Å². The highest BCUT2D eigenvalue weighted by Crippen LogP contribution is 2.29. The Morgan fingerprint density at radius 3 is 2.78 bits per heavy atom. The lowest BCUT2D eigenvalue weighted by molar-refractivity contribution is 0.0984. The minimum atomic E-state index is -0.132. The summed E-state index contributed by atoms with van der Waals surface area (Å²) in [5.74, 6) is 1.14. The van der Waals surface area contributed by atoms with E-state index in [1.165, 1.54) is 11.8 Å². The van der Waals surface area contributed by atoms with Crippen LogP contribution in [-0.4, -0.2) is 29.5 Å². The van der Waals surface area contributed by atoms with E-state index in [0.29, 0.717) is 18.1 Å². The molecule has 0 saturated heterocycles. The van der Waals surface area contributed by atoms with Crippen molar-refractivity contribution >= 4 is 23.1 Å². The summed E-state index contributed by atoms with van der Waals surface area (Å²) in [6.07, 6.45) is 3.94. The molecule has 0 radical (unpaired) electrons. The molecule has 0 atom stereocenters. The Kier molecular flexibility index (Phi) is 4.46. The molecule has 0 unspecified atom stereocenters. The van der Waals surface area contributed by atoms with Crippen molar-refractivity contribution < 1.29 is 9.53 Å². The molecule has 0 bridgehead atoms. The largest absolute Gasteiger partial charge is 0.495 e. The Hall–Kier alpha value is -3.41. The topological polar surface area (TPSA) is 67.3 Å². The number of rotatable bonds is 4. The van der Waals surface area contributed by atoms with E-state index in [-0.39, 0.29) is 5.91 Å². The number of amides is 1. The zero-order valence-electron chi connectivity index (χ0n) is 15.3. The monoisotopic (exact) mass is 360 g/mol. The van der Waals surface area contributed by atoms with Gasteiger partial charge in [-0.15, -0.1) is 0 Å². The van der Waals surface area contributed by atoms with Crippen LogP contribution in [0.1, 0.15) is 21.6 Å². The van der Waals surface area contributed by atoms with Gasteiger partial charge in [-0.1, -0.05) is 24.3 Å². The van der Waals surface area contributed by atoms with Crippen molar-refractivity contribution in [1.82, 2.24) is 9.97 Å². The first-order chi connectivity index (χ1) is 13.2. The van der Waals surface area contributed by atoms with Gasteiger partial charge in [0, 0.05) is 12.2 Å². The molecule has 1 N–H and O–H groups in total. The number of hydrogen-bond donors (Lipinski definition) is 1. The predicted molar refractivity (Wildman–Crippen MR) is 105 cm³/mol. The molecule has 136 valence electrons. The van der Waals surface area contributed by atoms with Crippen molar-refractivity contribution in [2.24, 2.45) is 0 Å². The molecular weight excluding hydrogens is 340 g/mol. The molecule has 27 heavy (non-hydrogen) atoms. The minimum absolute atomic E-state index is 0.132. The Morgan fingerprint density at radius 1 is 1.15 bits per heavy atom. The van der Waals surface area contributed by atoms with Crippen molar-refractivity contribution in [2.75, 3.05) is 23.9 Å². The highest BCUT2D eigenvalue weighted by Gasteiger charge is 2.26. The zero-order valence-corrected chi connectivity index (χ0v) is 15.3. The Balaban J connectivity index is 1.53. The van der Waals surface area contributed by atoms with E-state index in [4.69, 9.17) is 4.74 Å². The number of aromatic nitrogens is 2. The fourth-order valence-corrected chi connectivity index (χ4v) is 3.25. The summed E-state index contributed by atoms with van der Waals surface area (Å²) >= 11 is 0. The van der Waals surface area contributed by atoms with Gasteiger partial charge in [0.25, 0.3) is 5.91 Å². The second kappa shape index (κ2) is 7.07. The lowest BCUT2D eigenvalue weighted by Crippen LogP contribution is -2.29. The third-order valence-corrected chi connectivity index (χ3v) is 4.62. The van der Waals surface area contributed by atoms with Crippen molar-refractivity contribution in [3.63, 3.8) is 0 Å². The summed E-state index contributed by atoms with van der Waals surface area (Å²) in [5.41, 5.74) is 4.37. The van der Waals surface area contributed by atoms with E-state index in [2.05, 4.69) is 21.4 Å². The molecule has 2 aromatic carbocycles. The maximum Gasteiger partial charge on any atom is 0.278 e. The number of ether oxygens (including phenoxy) is 1. The second-order valence-corrected chi connectivity index (χ2v) is 6.45. The summed E-state index contributed by atoms with van der Waals surface area (Å²) in [6.45, 7) is 2.67.